The average molecular weight is 292 g/mol. The van der Waals surface area contributed by atoms with Crippen molar-refractivity contribution in [2.75, 3.05) is 13.2 Å². The highest BCUT2D eigenvalue weighted by molar-refractivity contribution is 5.76. The smallest absolute Gasteiger partial charge is 0.220 e. The number of carbonyl (C=O) groups is 1. The van der Waals surface area contributed by atoms with Gasteiger partial charge in [0.05, 0.1) is 6.61 Å². The Hall–Kier alpha value is -0.770. The Morgan fingerprint density at radius 3 is 2.45 bits per heavy atom. The summed E-state index contributed by atoms with van der Waals surface area (Å²) in [6.07, 6.45) is -2.75. The van der Waals surface area contributed by atoms with E-state index in [1.54, 1.807) is 0 Å². The van der Waals surface area contributed by atoms with E-state index < -0.39 is 37.3 Å². The lowest BCUT2D eigenvalue weighted by Gasteiger charge is -2.40. The van der Waals surface area contributed by atoms with Gasteiger partial charge in [-0.15, -0.1) is 0 Å². The summed E-state index contributed by atoms with van der Waals surface area (Å²) in [5, 5.41) is 40.6. The number of aliphatic hydroxyl groups excluding tert-OH is 4. The summed E-state index contributed by atoms with van der Waals surface area (Å²) in [6, 6.07) is -1.12. The van der Waals surface area contributed by atoms with E-state index in [2.05, 4.69) is 5.32 Å². The van der Waals surface area contributed by atoms with Gasteiger partial charge in [-0.3, -0.25) is 4.79 Å². The van der Waals surface area contributed by atoms with E-state index in [0.29, 0.717) is 13.0 Å². The molecule has 1 saturated heterocycles. The number of rotatable bonds is 7. The quantitative estimate of drug-likeness (QED) is 0.283. The number of carbonyl (C=O) groups excluding carboxylic acids is 1. The fraction of sp³-hybridized carbons (Fsp3) is 0.917. The second-order valence-corrected chi connectivity index (χ2v) is 4.92. The highest BCUT2D eigenvalue weighted by atomic mass is 16.6. The van der Waals surface area contributed by atoms with Gasteiger partial charge in [-0.2, -0.15) is 0 Å². The topological polar surface area (TPSA) is 145 Å². The molecule has 1 amide bonds. The van der Waals surface area contributed by atoms with E-state index in [9.17, 15) is 20.1 Å². The summed E-state index contributed by atoms with van der Waals surface area (Å²) >= 11 is 0. The molecule has 0 aromatic heterocycles. The van der Waals surface area contributed by atoms with Gasteiger partial charge in [0.1, 0.15) is 24.4 Å². The van der Waals surface area contributed by atoms with Crippen LogP contribution in [0.1, 0.15) is 25.7 Å². The first kappa shape index (κ1) is 17.3. The van der Waals surface area contributed by atoms with Crippen molar-refractivity contribution >= 4 is 5.91 Å². The molecule has 0 aromatic carbocycles. The summed E-state index contributed by atoms with van der Waals surface area (Å²) < 4.78 is 4.94. The van der Waals surface area contributed by atoms with Crippen LogP contribution in [0.15, 0.2) is 0 Å². The van der Waals surface area contributed by atoms with Gasteiger partial charge in [-0.1, -0.05) is 6.42 Å². The average Bonchev–Trinajstić information content (AvgIpc) is 2.43. The van der Waals surface area contributed by atoms with E-state index in [4.69, 9.17) is 15.6 Å². The van der Waals surface area contributed by atoms with Crippen molar-refractivity contribution in [2.45, 2.75) is 56.3 Å². The van der Waals surface area contributed by atoms with Crippen LogP contribution in [-0.2, 0) is 9.53 Å². The van der Waals surface area contributed by atoms with Crippen molar-refractivity contribution in [3.05, 3.63) is 0 Å². The van der Waals surface area contributed by atoms with Crippen LogP contribution in [0.25, 0.3) is 0 Å². The van der Waals surface area contributed by atoms with E-state index in [1.165, 1.54) is 0 Å². The van der Waals surface area contributed by atoms with E-state index >= 15 is 0 Å². The van der Waals surface area contributed by atoms with Crippen LogP contribution in [-0.4, -0.2) is 70.1 Å². The zero-order chi connectivity index (χ0) is 15.1. The summed E-state index contributed by atoms with van der Waals surface area (Å²) in [4.78, 5) is 11.7. The molecule has 7 N–H and O–H groups in total. The number of amides is 1. The largest absolute Gasteiger partial charge is 0.394 e. The van der Waals surface area contributed by atoms with Gasteiger partial charge < -0.3 is 36.2 Å². The Labute approximate surface area is 117 Å². The molecule has 8 heteroatoms. The summed E-state index contributed by atoms with van der Waals surface area (Å²) in [5.74, 6) is -0.344. The van der Waals surface area contributed by atoms with E-state index in [0.717, 1.165) is 12.8 Å². The van der Waals surface area contributed by atoms with Crippen molar-refractivity contribution in [2.24, 2.45) is 5.73 Å². The summed E-state index contributed by atoms with van der Waals surface area (Å²) in [7, 11) is 0. The van der Waals surface area contributed by atoms with Gasteiger partial charge in [0.25, 0.3) is 0 Å². The molecule has 5 unspecified atom stereocenters. The SMILES string of the molecule is NCCCCCC(=O)NC1C(O)OC(CO)C(O)C1O. The minimum Gasteiger partial charge on any atom is -0.394 e. The second kappa shape index (κ2) is 8.50. The third-order valence-corrected chi connectivity index (χ3v) is 3.34. The van der Waals surface area contributed by atoms with Crippen LogP contribution in [0, 0.1) is 0 Å². The van der Waals surface area contributed by atoms with Gasteiger partial charge in [0, 0.05) is 6.42 Å². The van der Waals surface area contributed by atoms with Gasteiger partial charge in [0.15, 0.2) is 6.29 Å². The highest BCUT2D eigenvalue weighted by Gasteiger charge is 2.44. The number of aliphatic hydroxyl groups is 4. The fourth-order valence-corrected chi connectivity index (χ4v) is 2.12. The second-order valence-electron chi connectivity index (χ2n) is 4.92. The van der Waals surface area contributed by atoms with Crippen molar-refractivity contribution in [1.29, 1.82) is 0 Å². The molecule has 1 fully saturated rings. The molecule has 0 saturated carbocycles. The minimum atomic E-state index is -1.47. The molecule has 20 heavy (non-hydrogen) atoms. The molecule has 0 spiro atoms. The number of nitrogens with one attached hydrogen (secondary N) is 1. The maximum absolute atomic E-state index is 11.7. The Kier molecular flexibility index (Phi) is 7.35. The first-order valence-electron chi connectivity index (χ1n) is 6.81. The molecule has 1 rings (SSSR count). The molecule has 0 aliphatic carbocycles. The van der Waals surface area contributed by atoms with Gasteiger partial charge in [-0.05, 0) is 19.4 Å². The van der Waals surface area contributed by atoms with E-state index in [1.807, 2.05) is 0 Å². The molecule has 0 radical (unpaired) electrons. The standard InChI is InChI=1S/C12H24N2O6/c13-5-3-1-2-4-8(16)14-9-11(18)10(17)7(6-15)20-12(9)19/h7,9-12,15,17-19H,1-6,13H2,(H,14,16). The van der Waals surface area contributed by atoms with Crippen LogP contribution in [0.4, 0.5) is 0 Å². The third-order valence-electron chi connectivity index (χ3n) is 3.34. The lowest BCUT2D eigenvalue weighted by Crippen LogP contribution is -2.64. The van der Waals surface area contributed by atoms with Crippen LogP contribution < -0.4 is 11.1 Å². The Bertz CT molecular complexity index is 304. The predicted octanol–water partition coefficient (Wildman–Crippen LogP) is -2.58. The number of ether oxygens (including phenoxy) is 1. The number of nitrogens with two attached hydrogens (primary N) is 1. The van der Waals surface area contributed by atoms with Crippen LogP contribution in [0.5, 0.6) is 0 Å². The lowest BCUT2D eigenvalue weighted by atomic mass is 9.97. The zero-order valence-electron chi connectivity index (χ0n) is 11.3. The van der Waals surface area contributed by atoms with Gasteiger partial charge in [-0.25, -0.2) is 0 Å². The van der Waals surface area contributed by atoms with Crippen LogP contribution >= 0.6 is 0 Å². The monoisotopic (exact) mass is 292 g/mol. The maximum atomic E-state index is 11.7. The van der Waals surface area contributed by atoms with Crippen molar-refractivity contribution in [3.8, 4) is 0 Å². The maximum Gasteiger partial charge on any atom is 0.220 e. The molecule has 8 nitrogen and oxygen atoms in total. The fourth-order valence-electron chi connectivity index (χ4n) is 2.12. The van der Waals surface area contributed by atoms with Crippen molar-refractivity contribution < 1.29 is 30.0 Å². The molecule has 1 aliphatic heterocycles. The summed E-state index contributed by atoms with van der Waals surface area (Å²) in [5.41, 5.74) is 5.34. The Morgan fingerprint density at radius 1 is 1.15 bits per heavy atom. The number of unbranched alkanes of at least 4 members (excludes halogenated alkanes) is 2. The molecule has 5 atom stereocenters. The third kappa shape index (κ3) is 4.65. The Balaban J connectivity index is 2.43. The molecular weight excluding hydrogens is 268 g/mol. The van der Waals surface area contributed by atoms with Crippen molar-refractivity contribution in [3.63, 3.8) is 0 Å². The van der Waals surface area contributed by atoms with Gasteiger partial charge >= 0.3 is 0 Å². The van der Waals surface area contributed by atoms with Crippen LogP contribution in [0.2, 0.25) is 0 Å². The summed E-state index contributed by atoms with van der Waals surface area (Å²) in [6.45, 7) is 0.0410. The minimum absolute atomic E-state index is 0.245. The molecular formula is C12H24N2O6. The zero-order valence-corrected chi connectivity index (χ0v) is 11.3. The van der Waals surface area contributed by atoms with Crippen LogP contribution in [0.3, 0.4) is 0 Å². The first-order valence-corrected chi connectivity index (χ1v) is 6.81. The molecule has 0 aromatic rings. The normalized spacial score (nSPS) is 34.0. The first-order chi connectivity index (χ1) is 9.51. The van der Waals surface area contributed by atoms with Gasteiger partial charge in [0.2, 0.25) is 5.91 Å². The molecule has 0 bridgehead atoms. The highest BCUT2D eigenvalue weighted by Crippen LogP contribution is 2.19. The molecule has 1 heterocycles. The number of hydrogen-bond acceptors (Lipinski definition) is 7. The Morgan fingerprint density at radius 2 is 1.85 bits per heavy atom. The van der Waals surface area contributed by atoms with Crippen molar-refractivity contribution in [1.82, 2.24) is 5.32 Å². The predicted molar refractivity (Wildman–Crippen MR) is 69.4 cm³/mol. The van der Waals surface area contributed by atoms with E-state index in [-0.39, 0.29) is 12.3 Å². The number of hydrogen-bond donors (Lipinski definition) is 6. The lowest BCUT2D eigenvalue weighted by molar-refractivity contribution is -0.253. The molecule has 1 aliphatic rings. The molecule has 118 valence electrons.